The highest BCUT2D eigenvalue weighted by Gasteiger charge is 2.34. The zero-order chi connectivity index (χ0) is 20.5. The molecule has 0 fully saturated rings. The van der Waals surface area contributed by atoms with Crippen LogP contribution in [-0.4, -0.2) is 29.8 Å². The van der Waals surface area contributed by atoms with E-state index >= 15 is 0 Å². The van der Waals surface area contributed by atoms with Crippen LogP contribution in [-0.2, 0) is 14.3 Å². The molecule has 1 aliphatic carbocycles. The third kappa shape index (κ3) is 4.19. The van der Waals surface area contributed by atoms with E-state index in [1.54, 1.807) is 27.7 Å². The Morgan fingerprint density at radius 2 is 1.43 bits per heavy atom. The molecule has 1 N–H and O–H groups in total. The van der Waals surface area contributed by atoms with E-state index in [4.69, 9.17) is 9.47 Å². The highest BCUT2D eigenvalue weighted by molar-refractivity contribution is 5.82. The number of alkyl carbamates (subject to hydrolysis) is 1. The minimum atomic E-state index is -0.802. The second-order valence-corrected chi connectivity index (χ2v) is 8.16. The van der Waals surface area contributed by atoms with Gasteiger partial charge >= 0.3 is 12.1 Å². The van der Waals surface area contributed by atoms with Gasteiger partial charge in [0, 0.05) is 5.92 Å². The van der Waals surface area contributed by atoms with Gasteiger partial charge in [-0.15, -0.1) is 0 Å². The monoisotopic (exact) mass is 381 g/mol. The average molecular weight is 381 g/mol. The molecule has 2 atom stereocenters. The van der Waals surface area contributed by atoms with Crippen molar-refractivity contribution < 1.29 is 19.1 Å². The second-order valence-electron chi connectivity index (χ2n) is 8.16. The molecule has 3 rings (SSSR count). The first kappa shape index (κ1) is 19.9. The van der Waals surface area contributed by atoms with Crippen LogP contribution in [0.25, 0.3) is 11.1 Å². The molecule has 0 saturated carbocycles. The van der Waals surface area contributed by atoms with Crippen LogP contribution in [0, 0.1) is 0 Å². The smallest absolute Gasteiger partial charge is 0.408 e. The summed E-state index contributed by atoms with van der Waals surface area (Å²) in [6.07, 6.45) is -1.01. The molecular weight excluding hydrogens is 354 g/mol. The first-order valence-electron chi connectivity index (χ1n) is 9.55. The van der Waals surface area contributed by atoms with E-state index in [1.165, 1.54) is 11.1 Å². The largest absolute Gasteiger partial charge is 0.460 e. The summed E-state index contributed by atoms with van der Waals surface area (Å²) in [5.41, 5.74) is 4.02. The van der Waals surface area contributed by atoms with Crippen LogP contribution in [0.5, 0.6) is 0 Å². The molecule has 5 nitrogen and oxygen atoms in total. The summed E-state index contributed by atoms with van der Waals surface area (Å²) in [5.74, 6) is -0.523. The van der Waals surface area contributed by atoms with Crippen molar-refractivity contribution in [3.63, 3.8) is 0 Å². The highest BCUT2D eigenvalue weighted by Crippen LogP contribution is 2.46. The number of esters is 1. The predicted molar refractivity (Wildman–Crippen MR) is 108 cm³/mol. The Morgan fingerprint density at radius 1 is 0.929 bits per heavy atom. The first-order valence-corrected chi connectivity index (χ1v) is 9.55. The number of hydrogen-bond acceptors (Lipinski definition) is 4. The van der Waals surface area contributed by atoms with Gasteiger partial charge in [0.1, 0.15) is 17.7 Å². The van der Waals surface area contributed by atoms with Crippen molar-refractivity contribution in [2.45, 2.75) is 58.3 Å². The molecular formula is C23H27NO4. The summed E-state index contributed by atoms with van der Waals surface area (Å²) in [6.45, 7) is 8.79. The Kier molecular flexibility index (Phi) is 5.45. The number of ether oxygens (including phenoxy) is 2. The number of benzene rings is 2. The maximum absolute atomic E-state index is 12.5. The number of rotatable bonds is 4. The summed E-state index contributed by atoms with van der Waals surface area (Å²) < 4.78 is 10.9. The van der Waals surface area contributed by atoms with Crippen molar-refractivity contribution >= 4 is 12.1 Å². The van der Waals surface area contributed by atoms with Crippen molar-refractivity contribution in [2.75, 3.05) is 0 Å². The molecule has 0 aromatic heterocycles. The van der Waals surface area contributed by atoms with Crippen LogP contribution in [0.1, 0.15) is 51.7 Å². The molecule has 0 bridgehead atoms. The summed E-state index contributed by atoms with van der Waals surface area (Å²) in [4.78, 5) is 24.4. The van der Waals surface area contributed by atoms with E-state index in [-0.39, 0.29) is 12.0 Å². The molecule has 2 aromatic carbocycles. The van der Waals surface area contributed by atoms with E-state index in [0.29, 0.717) is 0 Å². The topological polar surface area (TPSA) is 64.6 Å². The number of nitrogens with one attached hydrogen (secondary N) is 1. The van der Waals surface area contributed by atoms with Gasteiger partial charge in [-0.3, -0.25) is 0 Å². The third-order valence-corrected chi connectivity index (χ3v) is 4.74. The van der Waals surface area contributed by atoms with Gasteiger partial charge in [-0.05, 0) is 56.9 Å². The van der Waals surface area contributed by atoms with Crippen LogP contribution in [0.3, 0.4) is 0 Å². The lowest BCUT2D eigenvalue weighted by Crippen LogP contribution is -2.43. The molecule has 1 amide bonds. The average Bonchev–Trinajstić information content (AvgIpc) is 2.94. The number of hydrogen-bond donors (Lipinski definition) is 1. The molecule has 1 aliphatic rings. The van der Waals surface area contributed by atoms with Crippen LogP contribution >= 0.6 is 0 Å². The molecule has 28 heavy (non-hydrogen) atoms. The molecule has 0 spiro atoms. The maximum Gasteiger partial charge on any atom is 0.408 e. The lowest BCUT2D eigenvalue weighted by atomic mass is 9.92. The number of amides is 1. The first-order chi connectivity index (χ1) is 13.2. The quantitative estimate of drug-likeness (QED) is 0.784. The van der Waals surface area contributed by atoms with Crippen molar-refractivity contribution in [1.29, 1.82) is 0 Å². The number of fused-ring (bicyclic) bond motifs is 3. The zero-order valence-corrected chi connectivity index (χ0v) is 17.0. The van der Waals surface area contributed by atoms with Crippen LogP contribution in [0.15, 0.2) is 48.5 Å². The lowest BCUT2D eigenvalue weighted by molar-refractivity contribution is -0.150. The third-order valence-electron chi connectivity index (χ3n) is 4.74. The van der Waals surface area contributed by atoms with Crippen LogP contribution in [0.4, 0.5) is 4.79 Å². The standard InChI is InChI=1S/C23H27NO4/c1-14(24-22(26)28-23(3,4)5)21(25)27-15(2)20-18-12-8-6-10-16(18)17-11-7-9-13-19(17)20/h6-15,20H,1-5H3,(H,24,26)/t14-,15?/m0/s1. The predicted octanol–water partition coefficient (Wildman–Crippen LogP) is 4.64. The minimum absolute atomic E-state index is 0.0370. The summed E-state index contributed by atoms with van der Waals surface area (Å²) in [6, 6.07) is 15.6. The lowest BCUT2D eigenvalue weighted by Gasteiger charge is -2.25. The highest BCUT2D eigenvalue weighted by atomic mass is 16.6. The van der Waals surface area contributed by atoms with Gasteiger partial charge < -0.3 is 14.8 Å². The molecule has 148 valence electrons. The Balaban J connectivity index is 1.72. The SMILES string of the molecule is CC(OC(=O)[C@H](C)NC(=O)OC(C)(C)C)C1c2ccccc2-c2ccccc21. The Bertz CT molecular complexity index is 839. The summed E-state index contributed by atoms with van der Waals surface area (Å²) >= 11 is 0. The summed E-state index contributed by atoms with van der Waals surface area (Å²) in [5, 5.41) is 2.53. The van der Waals surface area contributed by atoms with E-state index in [0.717, 1.165) is 11.1 Å². The Labute approximate surface area is 166 Å². The van der Waals surface area contributed by atoms with Gasteiger partial charge in [-0.2, -0.15) is 0 Å². The zero-order valence-electron chi connectivity index (χ0n) is 17.0. The van der Waals surface area contributed by atoms with E-state index in [1.807, 2.05) is 31.2 Å². The van der Waals surface area contributed by atoms with Gasteiger partial charge in [0.2, 0.25) is 0 Å². The van der Waals surface area contributed by atoms with Crippen LogP contribution < -0.4 is 5.32 Å². The molecule has 5 heteroatoms. The normalized spacial score (nSPS) is 15.2. The fraction of sp³-hybridized carbons (Fsp3) is 0.391. The van der Waals surface area contributed by atoms with Gasteiger partial charge in [0.25, 0.3) is 0 Å². The minimum Gasteiger partial charge on any atom is -0.460 e. The van der Waals surface area contributed by atoms with Crippen LogP contribution in [0.2, 0.25) is 0 Å². The van der Waals surface area contributed by atoms with Crippen molar-refractivity contribution in [3.8, 4) is 11.1 Å². The van der Waals surface area contributed by atoms with Gasteiger partial charge in [0.05, 0.1) is 0 Å². The molecule has 1 unspecified atom stereocenters. The molecule has 0 heterocycles. The van der Waals surface area contributed by atoms with E-state index in [2.05, 4.69) is 29.6 Å². The molecule has 2 aromatic rings. The molecule has 0 aliphatic heterocycles. The second kappa shape index (κ2) is 7.66. The fourth-order valence-corrected chi connectivity index (χ4v) is 3.60. The van der Waals surface area contributed by atoms with Crippen molar-refractivity contribution in [1.82, 2.24) is 5.32 Å². The fourth-order valence-electron chi connectivity index (χ4n) is 3.60. The van der Waals surface area contributed by atoms with Gasteiger partial charge in [-0.25, -0.2) is 9.59 Å². The number of carbonyl (C=O) groups excluding carboxylic acids is 2. The molecule has 0 saturated heterocycles. The number of carbonyl (C=O) groups is 2. The van der Waals surface area contributed by atoms with E-state index in [9.17, 15) is 9.59 Å². The maximum atomic E-state index is 12.5. The van der Waals surface area contributed by atoms with Gasteiger partial charge in [-0.1, -0.05) is 48.5 Å². The van der Waals surface area contributed by atoms with Gasteiger partial charge in [0.15, 0.2) is 0 Å². The summed E-state index contributed by atoms with van der Waals surface area (Å²) in [7, 11) is 0. The Hall–Kier alpha value is -2.82. The van der Waals surface area contributed by atoms with Crippen molar-refractivity contribution in [3.05, 3.63) is 59.7 Å². The van der Waals surface area contributed by atoms with Crippen molar-refractivity contribution in [2.24, 2.45) is 0 Å². The Morgan fingerprint density at radius 3 is 1.93 bits per heavy atom. The van der Waals surface area contributed by atoms with E-state index < -0.39 is 23.7 Å². The molecule has 0 radical (unpaired) electrons.